The van der Waals surface area contributed by atoms with Crippen LogP contribution in [-0.4, -0.2) is 44.1 Å². The van der Waals surface area contributed by atoms with Gasteiger partial charge in [0.15, 0.2) is 0 Å². The van der Waals surface area contributed by atoms with Crippen LogP contribution in [0.1, 0.15) is 0 Å². The van der Waals surface area contributed by atoms with Crippen LogP contribution in [0.2, 0.25) is 0 Å². The third kappa shape index (κ3) is 2.11. The Kier molecular flexibility index (Phi) is 2.72. The minimum absolute atomic E-state index is 0.654. The van der Waals surface area contributed by atoms with E-state index in [0.29, 0.717) is 11.8 Å². The molecule has 2 aliphatic rings. The zero-order chi connectivity index (χ0) is 15.4. The molecule has 3 aromatic heterocycles. The van der Waals surface area contributed by atoms with E-state index in [0.717, 1.165) is 48.3 Å². The van der Waals surface area contributed by atoms with Crippen molar-refractivity contribution in [1.29, 1.82) is 0 Å². The number of piperidine rings is 1. The second-order valence-corrected chi connectivity index (χ2v) is 6.46. The Hall–Kier alpha value is -2.41. The summed E-state index contributed by atoms with van der Waals surface area (Å²) in [5.74, 6) is 2.90. The molecule has 0 aromatic carbocycles. The SMILES string of the molecule is Cn1cc(-c2cn3nccc3c(OC[C@H]3[C@@H]4CNC[C@@H]43)n2)cn1. The highest BCUT2D eigenvalue weighted by Gasteiger charge is 2.53. The third-order valence-electron chi connectivity index (χ3n) is 5.04. The van der Waals surface area contributed by atoms with Gasteiger partial charge in [0.05, 0.1) is 30.9 Å². The molecule has 1 saturated heterocycles. The Morgan fingerprint density at radius 1 is 1.26 bits per heavy atom. The third-order valence-corrected chi connectivity index (χ3v) is 5.04. The van der Waals surface area contributed by atoms with Crippen molar-refractivity contribution in [3.05, 3.63) is 30.9 Å². The Bertz CT molecular complexity index is 858. The lowest BCUT2D eigenvalue weighted by atomic mass is 10.2. The average Bonchev–Trinajstić information content (AvgIpc) is 3.07. The summed E-state index contributed by atoms with van der Waals surface area (Å²) in [6.07, 6.45) is 7.43. The first-order chi connectivity index (χ1) is 11.3. The van der Waals surface area contributed by atoms with E-state index in [1.807, 2.05) is 30.0 Å². The maximum absolute atomic E-state index is 6.08. The van der Waals surface area contributed by atoms with E-state index in [9.17, 15) is 0 Å². The summed E-state index contributed by atoms with van der Waals surface area (Å²) >= 11 is 0. The summed E-state index contributed by atoms with van der Waals surface area (Å²) in [6, 6.07) is 1.94. The van der Waals surface area contributed by atoms with Gasteiger partial charge in [0.1, 0.15) is 5.52 Å². The lowest BCUT2D eigenvalue weighted by Crippen LogP contribution is -2.18. The lowest BCUT2D eigenvalue weighted by Gasteiger charge is -2.10. The van der Waals surface area contributed by atoms with Gasteiger partial charge < -0.3 is 10.1 Å². The quantitative estimate of drug-likeness (QED) is 0.778. The molecule has 1 saturated carbocycles. The minimum atomic E-state index is 0.654. The topological polar surface area (TPSA) is 69.3 Å². The first-order valence-corrected chi connectivity index (χ1v) is 7.96. The van der Waals surface area contributed by atoms with Crippen LogP contribution in [-0.2, 0) is 7.05 Å². The molecule has 2 fully saturated rings. The van der Waals surface area contributed by atoms with Crippen molar-refractivity contribution < 1.29 is 4.74 Å². The molecule has 1 aliphatic carbocycles. The highest BCUT2D eigenvalue weighted by Crippen LogP contribution is 2.48. The molecule has 7 heteroatoms. The average molecular weight is 310 g/mol. The Labute approximate surface area is 133 Å². The maximum atomic E-state index is 6.08. The molecule has 5 rings (SSSR count). The van der Waals surface area contributed by atoms with Crippen molar-refractivity contribution in [2.24, 2.45) is 24.8 Å². The summed E-state index contributed by atoms with van der Waals surface area (Å²) in [7, 11) is 1.90. The first-order valence-electron chi connectivity index (χ1n) is 7.96. The van der Waals surface area contributed by atoms with Crippen molar-refractivity contribution >= 4 is 5.52 Å². The normalized spacial score (nSPS) is 25.7. The number of aryl methyl sites for hydroxylation is 1. The van der Waals surface area contributed by atoms with Crippen LogP contribution in [0.5, 0.6) is 5.88 Å². The largest absolute Gasteiger partial charge is 0.476 e. The van der Waals surface area contributed by atoms with Crippen molar-refractivity contribution in [2.75, 3.05) is 19.7 Å². The minimum Gasteiger partial charge on any atom is -0.476 e. The van der Waals surface area contributed by atoms with Crippen molar-refractivity contribution in [1.82, 2.24) is 29.7 Å². The number of hydrogen-bond donors (Lipinski definition) is 1. The van der Waals surface area contributed by atoms with Crippen molar-refractivity contribution in [3.63, 3.8) is 0 Å². The molecule has 4 heterocycles. The fraction of sp³-hybridized carbons (Fsp3) is 0.438. The zero-order valence-electron chi connectivity index (χ0n) is 12.9. The second kappa shape index (κ2) is 4.79. The van der Waals surface area contributed by atoms with Gasteiger partial charge in [0.2, 0.25) is 5.88 Å². The van der Waals surface area contributed by atoms with Crippen LogP contribution in [0.15, 0.2) is 30.9 Å². The monoisotopic (exact) mass is 310 g/mol. The molecule has 0 bridgehead atoms. The number of aromatic nitrogens is 5. The van der Waals surface area contributed by atoms with Crippen LogP contribution in [0.4, 0.5) is 0 Å². The number of fused-ring (bicyclic) bond motifs is 2. The first kappa shape index (κ1) is 13.1. The number of nitrogens with zero attached hydrogens (tertiary/aromatic N) is 5. The van der Waals surface area contributed by atoms with Crippen molar-refractivity contribution in [2.45, 2.75) is 0 Å². The summed E-state index contributed by atoms with van der Waals surface area (Å²) in [4.78, 5) is 4.70. The van der Waals surface area contributed by atoms with E-state index in [1.54, 1.807) is 17.1 Å². The smallest absolute Gasteiger partial charge is 0.240 e. The molecule has 0 radical (unpaired) electrons. The lowest BCUT2D eigenvalue weighted by molar-refractivity contribution is 0.273. The van der Waals surface area contributed by atoms with E-state index in [4.69, 9.17) is 9.72 Å². The Morgan fingerprint density at radius 2 is 2.13 bits per heavy atom. The second-order valence-electron chi connectivity index (χ2n) is 6.46. The highest BCUT2D eigenvalue weighted by molar-refractivity contribution is 5.63. The maximum Gasteiger partial charge on any atom is 0.240 e. The van der Waals surface area contributed by atoms with E-state index >= 15 is 0 Å². The molecule has 3 aromatic rings. The predicted molar refractivity (Wildman–Crippen MR) is 84.0 cm³/mol. The van der Waals surface area contributed by atoms with Gasteiger partial charge in [-0.1, -0.05) is 0 Å². The van der Waals surface area contributed by atoms with E-state index in [-0.39, 0.29) is 0 Å². The molecule has 118 valence electrons. The Morgan fingerprint density at radius 3 is 2.91 bits per heavy atom. The van der Waals surface area contributed by atoms with Crippen LogP contribution in [0, 0.1) is 17.8 Å². The number of ether oxygens (including phenoxy) is 1. The van der Waals surface area contributed by atoms with Gasteiger partial charge in [-0.3, -0.25) is 4.68 Å². The van der Waals surface area contributed by atoms with Gasteiger partial charge in [0, 0.05) is 24.7 Å². The molecule has 3 atom stereocenters. The fourth-order valence-electron chi connectivity index (χ4n) is 3.67. The summed E-state index contributed by atoms with van der Waals surface area (Å²) in [5, 5.41) is 12.0. The summed E-state index contributed by atoms with van der Waals surface area (Å²) in [6.45, 7) is 3.00. The standard InChI is InChI=1S/C16H18N6O/c1-21-7-10(4-19-21)14-8-22-15(2-3-18-22)16(20-14)23-9-13-11-5-17-6-12(11)13/h2-4,7-8,11-13,17H,5-6,9H2,1H3/t11-,12+,13+. The van der Waals surface area contributed by atoms with Crippen LogP contribution in [0.3, 0.4) is 0 Å². The molecular weight excluding hydrogens is 292 g/mol. The highest BCUT2D eigenvalue weighted by atomic mass is 16.5. The van der Waals surface area contributed by atoms with E-state index in [2.05, 4.69) is 15.5 Å². The molecular formula is C16H18N6O. The van der Waals surface area contributed by atoms with Crippen LogP contribution in [0.25, 0.3) is 16.8 Å². The molecule has 23 heavy (non-hydrogen) atoms. The van der Waals surface area contributed by atoms with Gasteiger partial charge in [-0.05, 0) is 31.0 Å². The summed E-state index contributed by atoms with van der Waals surface area (Å²) in [5.41, 5.74) is 2.69. The molecule has 1 N–H and O–H groups in total. The van der Waals surface area contributed by atoms with Crippen molar-refractivity contribution in [3.8, 4) is 17.1 Å². The fourth-order valence-corrected chi connectivity index (χ4v) is 3.67. The van der Waals surface area contributed by atoms with Gasteiger partial charge >= 0.3 is 0 Å². The summed E-state index contributed by atoms with van der Waals surface area (Å²) < 4.78 is 9.67. The van der Waals surface area contributed by atoms with Crippen LogP contribution >= 0.6 is 0 Å². The molecule has 7 nitrogen and oxygen atoms in total. The molecule has 1 aliphatic heterocycles. The van der Waals surface area contributed by atoms with Gasteiger partial charge in [0.25, 0.3) is 0 Å². The number of hydrogen-bond acceptors (Lipinski definition) is 5. The number of nitrogens with one attached hydrogen (secondary N) is 1. The predicted octanol–water partition coefficient (Wildman–Crippen LogP) is 0.974. The van der Waals surface area contributed by atoms with Gasteiger partial charge in [-0.15, -0.1) is 0 Å². The molecule has 0 unspecified atom stereocenters. The van der Waals surface area contributed by atoms with E-state index < -0.39 is 0 Å². The van der Waals surface area contributed by atoms with E-state index in [1.165, 1.54) is 0 Å². The zero-order valence-corrected chi connectivity index (χ0v) is 12.9. The van der Waals surface area contributed by atoms with Crippen LogP contribution < -0.4 is 10.1 Å². The van der Waals surface area contributed by atoms with Gasteiger partial charge in [-0.2, -0.15) is 10.2 Å². The van der Waals surface area contributed by atoms with Gasteiger partial charge in [-0.25, -0.2) is 9.50 Å². The molecule has 0 spiro atoms. The number of rotatable bonds is 4. The Balaban J connectivity index is 1.45. The molecule has 0 amide bonds.